The average Bonchev–Trinajstić information content (AvgIpc) is 2.69. The number of rotatable bonds is 4. The average molecular weight is 342 g/mol. The van der Waals surface area contributed by atoms with Crippen molar-refractivity contribution in [1.82, 2.24) is 9.78 Å². The van der Waals surface area contributed by atoms with E-state index in [-0.39, 0.29) is 15.7 Å². The molecule has 2 aromatic rings. The van der Waals surface area contributed by atoms with Crippen molar-refractivity contribution in [3.63, 3.8) is 0 Å². The fourth-order valence-electron chi connectivity index (χ4n) is 1.86. The Labute approximate surface area is 123 Å². The quantitative estimate of drug-likeness (QED) is 0.897. The Balaban J connectivity index is 2.20. The van der Waals surface area contributed by atoms with Crippen LogP contribution in [0, 0.1) is 12.7 Å². The van der Waals surface area contributed by atoms with E-state index in [0.717, 1.165) is 11.3 Å². The third kappa shape index (κ3) is 2.82. The third-order valence-corrected chi connectivity index (χ3v) is 3.67. The SMILES string of the molecule is Cc1nn(C)cc1CNc1ccc(C(=O)O)c(Br)c1F. The smallest absolute Gasteiger partial charge is 0.336 e. The second-order valence-corrected chi connectivity index (χ2v) is 5.15. The van der Waals surface area contributed by atoms with Crippen molar-refractivity contribution < 1.29 is 14.3 Å². The number of nitrogens with one attached hydrogen (secondary N) is 1. The van der Waals surface area contributed by atoms with E-state index in [1.807, 2.05) is 20.2 Å². The molecule has 20 heavy (non-hydrogen) atoms. The largest absolute Gasteiger partial charge is 0.478 e. The number of carbonyl (C=O) groups is 1. The highest BCUT2D eigenvalue weighted by molar-refractivity contribution is 9.10. The van der Waals surface area contributed by atoms with Gasteiger partial charge in [-0.3, -0.25) is 4.68 Å². The van der Waals surface area contributed by atoms with Crippen molar-refractivity contribution in [2.45, 2.75) is 13.5 Å². The molecule has 5 nitrogen and oxygen atoms in total. The molecule has 0 atom stereocenters. The number of carboxylic acid groups (broad SMARTS) is 1. The molecule has 2 N–H and O–H groups in total. The molecule has 1 aromatic carbocycles. The lowest BCUT2D eigenvalue weighted by Gasteiger charge is -2.09. The molecular weight excluding hydrogens is 329 g/mol. The number of aromatic carboxylic acids is 1. The summed E-state index contributed by atoms with van der Waals surface area (Å²) in [5.74, 6) is -1.79. The Bertz CT molecular complexity index is 670. The summed E-state index contributed by atoms with van der Waals surface area (Å²) in [7, 11) is 1.81. The van der Waals surface area contributed by atoms with Crippen LogP contribution in [0.1, 0.15) is 21.6 Å². The van der Waals surface area contributed by atoms with E-state index < -0.39 is 11.8 Å². The minimum absolute atomic E-state index is 0.0575. The molecule has 0 radical (unpaired) electrons. The maximum absolute atomic E-state index is 14.0. The van der Waals surface area contributed by atoms with Crippen LogP contribution in [0.25, 0.3) is 0 Å². The summed E-state index contributed by atoms with van der Waals surface area (Å²) >= 11 is 2.96. The fourth-order valence-corrected chi connectivity index (χ4v) is 2.38. The number of hydrogen-bond acceptors (Lipinski definition) is 3. The van der Waals surface area contributed by atoms with E-state index in [2.05, 4.69) is 26.3 Å². The van der Waals surface area contributed by atoms with Gasteiger partial charge < -0.3 is 10.4 Å². The van der Waals surface area contributed by atoms with Crippen LogP contribution >= 0.6 is 15.9 Å². The standard InChI is InChI=1S/C13H13BrFN3O2/c1-7-8(6-18(2)17-7)5-16-10-4-3-9(13(19)20)11(14)12(10)15/h3-4,6,16H,5H2,1-2H3,(H,19,20). The molecule has 7 heteroatoms. The highest BCUT2D eigenvalue weighted by Crippen LogP contribution is 2.27. The second-order valence-electron chi connectivity index (χ2n) is 4.36. The number of halogens is 2. The molecule has 0 spiro atoms. The molecule has 0 saturated carbocycles. The summed E-state index contributed by atoms with van der Waals surface area (Å²) in [6.07, 6.45) is 1.85. The first-order chi connectivity index (χ1) is 9.40. The number of benzene rings is 1. The maximum atomic E-state index is 14.0. The normalized spacial score (nSPS) is 10.6. The molecule has 0 saturated heterocycles. The van der Waals surface area contributed by atoms with Crippen LogP contribution in [-0.4, -0.2) is 20.9 Å². The fraction of sp³-hybridized carbons (Fsp3) is 0.231. The van der Waals surface area contributed by atoms with E-state index in [0.29, 0.717) is 6.54 Å². The highest BCUT2D eigenvalue weighted by atomic mass is 79.9. The van der Waals surface area contributed by atoms with Crippen molar-refractivity contribution in [3.8, 4) is 0 Å². The molecule has 0 unspecified atom stereocenters. The summed E-state index contributed by atoms with van der Waals surface area (Å²) in [6.45, 7) is 2.28. The van der Waals surface area contributed by atoms with Gasteiger partial charge in [0.2, 0.25) is 0 Å². The van der Waals surface area contributed by atoms with E-state index >= 15 is 0 Å². The van der Waals surface area contributed by atoms with Gasteiger partial charge in [-0.2, -0.15) is 5.10 Å². The van der Waals surface area contributed by atoms with Gasteiger partial charge in [0, 0.05) is 25.4 Å². The summed E-state index contributed by atoms with van der Waals surface area (Å²) in [5.41, 5.74) is 1.95. The number of carboxylic acids is 1. The first-order valence-corrected chi connectivity index (χ1v) is 6.63. The lowest BCUT2D eigenvalue weighted by molar-refractivity contribution is 0.0695. The molecule has 0 amide bonds. The molecule has 106 valence electrons. The Kier molecular flexibility index (Phi) is 4.08. The van der Waals surface area contributed by atoms with Gasteiger partial charge in [-0.15, -0.1) is 0 Å². The number of aryl methyl sites for hydroxylation is 2. The van der Waals surface area contributed by atoms with Crippen LogP contribution in [0.3, 0.4) is 0 Å². The van der Waals surface area contributed by atoms with Crippen LogP contribution in [-0.2, 0) is 13.6 Å². The minimum Gasteiger partial charge on any atom is -0.478 e. The summed E-state index contributed by atoms with van der Waals surface area (Å²) in [6, 6.07) is 2.77. The molecular formula is C13H13BrFN3O2. The van der Waals surface area contributed by atoms with Crippen LogP contribution in [0.4, 0.5) is 10.1 Å². The van der Waals surface area contributed by atoms with Gasteiger partial charge in [0.25, 0.3) is 0 Å². The van der Waals surface area contributed by atoms with Crippen molar-refractivity contribution in [3.05, 3.63) is 45.4 Å². The molecule has 0 aliphatic rings. The molecule has 2 rings (SSSR count). The predicted molar refractivity (Wildman–Crippen MR) is 76.3 cm³/mol. The third-order valence-electron chi connectivity index (χ3n) is 2.90. The first-order valence-electron chi connectivity index (χ1n) is 5.84. The Morgan fingerprint density at radius 2 is 2.25 bits per heavy atom. The van der Waals surface area contributed by atoms with Crippen LogP contribution in [0.2, 0.25) is 0 Å². The van der Waals surface area contributed by atoms with Gasteiger partial charge in [0.15, 0.2) is 5.82 Å². The van der Waals surface area contributed by atoms with Crippen molar-refractivity contribution in [2.24, 2.45) is 7.05 Å². The van der Waals surface area contributed by atoms with Crippen LogP contribution in [0.15, 0.2) is 22.8 Å². The summed E-state index contributed by atoms with van der Waals surface area (Å²) in [5, 5.41) is 16.0. The van der Waals surface area contributed by atoms with Gasteiger partial charge in [-0.05, 0) is 35.0 Å². The van der Waals surface area contributed by atoms with E-state index in [4.69, 9.17) is 5.11 Å². The second kappa shape index (κ2) is 5.62. The van der Waals surface area contributed by atoms with Gasteiger partial charge in [-0.25, -0.2) is 9.18 Å². The van der Waals surface area contributed by atoms with Gasteiger partial charge >= 0.3 is 5.97 Å². The monoisotopic (exact) mass is 341 g/mol. The topological polar surface area (TPSA) is 67.2 Å². The lowest BCUT2D eigenvalue weighted by Crippen LogP contribution is -2.05. The molecule has 1 heterocycles. The molecule has 0 aliphatic heterocycles. The zero-order valence-electron chi connectivity index (χ0n) is 10.9. The Hall–Kier alpha value is -1.89. The Morgan fingerprint density at radius 1 is 1.55 bits per heavy atom. The number of hydrogen-bond donors (Lipinski definition) is 2. The molecule has 0 bridgehead atoms. The van der Waals surface area contributed by atoms with Gasteiger partial charge in [0.05, 0.1) is 21.4 Å². The summed E-state index contributed by atoms with van der Waals surface area (Å²) < 4.78 is 15.7. The number of anilines is 1. The summed E-state index contributed by atoms with van der Waals surface area (Å²) in [4.78, 5) is 10.9. The van der Waals surface area contributed by atoms with Gasteiger partial charge in [-0.1, -0.05) is 0 Å². The Morgan fingerprint density at radius 3 is 2.80 bits per heavy atom. The van der Waals surface area contributed by atoms with Crippen molar-refractivity contribution in [2.75, 3.05) is 5.32 Å². The van der Waals surface area contributed by atoms with Gasteiger partial charge in [0.1, 0.15) is 0 Å². The maximum Gasteiger partial charge on any atom is 0.336 e. The van der Waals surface area contributed by atoms with Crippen molar-refractivity contribution in [1.29, 1.82) is 0 Å². The van der Waals surface area contributed by atoms with Crippen LogP contribution < -0.4 is 5.32 Å². The lowest BCUT2D eigenvalue weighted by atomic mass is 10.2. The molecule has 1 aromatic heterocycles. The minimum atomic E-state index is -1.18. The number of nitrogens with zero attached hydrogens (tertiary/aromatic N) is 2. The van der Waals surface area contributed by atoms with Crippen molar-refractivity contribution >= 4 is 27.6 Å². The first kappa shape index (κ1) is 14.5. The van der Waals surface area contributed by atoms with E-state index in [9.17, 15) is 9.18 Å². The van der Waals surface area contributed by atoms with Crippen LogP contribution in [0.5, 0.6) is 0 Å². The van der Waals surface area contributed by atoms with E-state index in [1.165, 1.54) is 12.1 Å². The number of aromatic nitrogens is 2. The zero-order valence-corrected chi connectivity index (χ0v) is 12.5. The van der Waals surface area contributed by atoms with E-state index in [1.54, 1.807) is 4.68 Å². The molecule has 0 fully saturated rings. The molecule has 0 aliphatic carbocycles. The highest BCUT2D eigenvalue weighted by Gasteiger charge is 2.16. The zero-order chi connectivity index (χ0) is 14.9. The predicted octanol–water partition coefficient (Wildman–Crippen LogP) is 2.94.